The van der Waals surface area contributed by atoms with Crippen molar-refractivity contribution in [3.8, 4) is 5.75 Å². The van der Waals surface area contributed by atoms with Crippen LogP contribution in [0.3, 0.4) is 0 Å². The van der Waals surface area contributed by atoms with Crippen molar-refractivity contribution in [3.05, 3.63) is 29.8 Å². The molecule has 0 saturated heterocycles. The Morgan fingerprint density at radius 1 is 1.14 bits per heavy atom. The highest BCUT2D eigenvalue weighted by Crippen LogP contribution is 2.24. The number of nitrogens with one attached hydrogen (secondary N) is 2. The lowest BCUT2D eigenvalue weighted by atomic mass is 9.87. The number of ether oxygens (including phenoxy) is 1. The number of hydrogen-bond acceptors (Lipinski definition) is 2. The minimum atomic E-state index is -0.190. The molecule has 0 fully saturated rings. The Bertz CT molecular complexity index is 427. The van der Waals surface area contributed by atoms with Crippen molar-refractivity contribution in [2.24, 2.45) is 0 Å². The van der Waals surface area contributed by atoms with Gasteiger partial charge in [0.15, 0.2) is 0 Å². The van der Waals surface area contributed by atoms with Crippen molar-refractivity contribution in [1.29, 1.82) is 0 Å². The number of amides is 2. The third-order valence-electron chi connectivity index (χ3n) is 2.98. The molecule has 2 N–H and O–H groups in total. The van der Waals surface area contributed by atoms with Gasteiger partial charge in [0.05, 0.1) is 6.61 Å². The molecule has 1 aromatic rings. The van der Waals surface area contributed by atoms with Gasteiger partial charge in [-0.2, -0.15) is 0 Å². The summed E-state index contributed by atoms with van der Waals surface area (Å²) in [6.45, 7) is 8.18. The van der Waals surface area contributed by atoms with Crippen LogP contribution in [-0.4, -0.2) is 31.6 Å². The van der Waals surface area contributed by atoms with Crippen LogP contribution < -0.4 is 15.4 Å². The van der Waals surface area contributed by atoms with Crippen LogP contribution >= 0.6 is 11.6 Å². The lowest BCUT2D eigenvalue weighted by Gasteiger charge is -2.19. The van der Waals surface area contributed by atoms with Crippen molar-refractivity contribution in [1.82, 2.24) is 10.6 Å². The zero-order chi connectivity index (χ0) is 15.7. The summed E-state index contributed by atoms with van der Waals surface area (Å²) in [5.41, 5.74) is 1.44. The smallest absolute Gasteiger partial charge is 0.314 e. The van der Waals surface area contributed by atoms with E-state index in [1.807, 2.05) is 12.1 Å². The fourth-order valence-corrected chi connectivity index (χ4v) is 1.83. The van der Waals surface area contributed by atoms with Crippen molar-refractivity contribution in [2.75, 3.05) is 25.6 Å². The van der Waals surface area contributed by atoms with Crippen LogP contribution in [-0.2, 0) is 5.41 Å². The van der Waals surface area contributed by atoms with Gasteiger partial charge in [-0.1, -0.05) is 32.9 Å². The van der Waals surface area contributed by atoms with E-state index >= 15 is 0 Å². The van der Waals surface area contributed by atoms with Crippen LogP contribution in [0.4, 0.5) is 4.79 Å². The molecule has 118 valence electrons. The van der Waals surface area contributed by atoms with Crippen LogP contribution in [0, 0.1) is 0 Å². The van der Waals surface area contributed by atoms with Gasteiger partial charge in [0, 0.05) is 19.0 Å². The first-order chi connectivity index (χ1) is 9.93. The van der Waals surface area contributed by atoms with Crippen LogP contribution in [0.2, 0.25) is 0 Å². The summed E-state index contributed by atoms with van der Waals surface area (Å²) >= 11 is 5.47. The second-order valence-electron chi connectivity index (χ2n) is 5.85. The monoisotopic (exact) mass is 312 g/mol. The predicted molar refractivity (Wildman–Crippen MR) is 87.4 cm³/mol. The molecule has 21 heavy (non-hydrogen) atoms. The maximum absolute atomic E-state index is 11.2. The van der Waals surface area contributed by atoms with Gasteiger partial charge < -0.3 is 15.4 Å². The van der Waals surface area contributed by atoms with Crippen molar-refractivity contribution in [3.63, 3.8) is 0 Å². The minimum absolute atomic E-state index is 0.152. The van der Waals surface area contributed by atoms with Gasteiger partial charge in [-0.25, -0.2) is 4.79 Å². The molecule has 0 aliphatic heterocycles. The first-order valence-electron chi connectivity index (χ1n) is 7.24. The molecule has 2 amide bonds. The number of halogens is 1. The van der Waals surface area contributed by atoms with Gasteiger partial charge >= 0.3 is 6.03 Å². The van der Waals surface area contributed by atoms with Gasteiger partial charge in [0.2, 0.25) is 0 Å². The Balaban J connectivity index is 2.20. The SMILES string of the molecule is CC(C)(C)c1ccc(OCCCNC(=O)NCCCl)cc1. The van der Waals surface area contributed by atoms with Crippen LogP contribution in [0.15, 0.2) is 24.3 Å². The van der Waals surface area contributed by atoms with Gasteiger partial charge in [0.25, 0.3) is 0 Å². The molecule has 0 spiro atoms. The molecule has 5 heteroatoms. The quantitative estimate of drug-likeness (QED) is 0.599. The molecule has 4 nitrogen and oxygen atoms in total. The Kier molecular flexibility index (Phi) is 7.37. The zero-order valence-electron chi connectivity index (χ0n) is 13.0. The molecule has 0 aromatic heterocycles. The number of carbonyl (C=O) groups excluding carboxylic acids is 1. The number of alkyl halides is 1. The van der Waals surface area contributed by atoms with E-state index < -0.39 is 0 Å². The minimum Gasteiger partial charge on any atom is -0.494 e. The van der Waals surface area contributed by atoms with Crippen LogP contribution in [0.5, 0.6) is 5.75 Å². The summed E-state index contributed by atoms with van der Waals surface area (Å²) in [7, 11) is 0. The van der Waals surface area contributed by atoms with E-state index in [-0.39, 0.29) is 11.4 Å². The van der Waals surface area contributed by atoms with E-state index in [1.54, 1.807) is 0 Å². The maximum Gasteiger partial charge on any atom is 0.314 e. The molecule has 0 radical (unpaired) electrons. The highest BCUT2D eigenvalue weighted by Gasteiger charge is 2.12. The third-order valence-corrected chi connectivity index (χ3v) is 3.16. The number of carbonyl (C=O) groups is 1. The third kappa shape index (κ3) is 7.23. The molecule has 0 heterocycles. The van der Waals surface area contributed by atoms with E-state index in [2.05, 4.69) is 43.5 Å². The first kappa shape index (κ1) is 17.6. The van der Waals surface area contributed by atoms with E-state index in [9.17, 15) is 4.79 Å². The lowest BCUT2D eigenvalue weighted by molar-refractivity contribution is 0.239. The highest BCUT2D eigenvalue weighted by atomic mass is 35.5. The van der Waals surface area contributed by atoms with Crippen molar-refractivity contribution < 1.29 is 9.53 Å². The Morgan fingerprint density at radius 2 is 1.76 bits per heavy atom. The number of urea groups is 1. The summed E-state index contributed by atoms with van der Waals surface area (Å²) in [6, 6.07) is 7.97. The fourth-order valence-electron chi connectivity index (χ4n) is 1.74. The molecule has 1 aromatic carbocycles. The van der Waals surface area contributed by atoms with Crippen LogP contribution in [0.25, 0.3) is 0 Å². The Labute approximate surface area is 132 Å². The molecule has 0 bridgehead atoms. The van der Waals surface area contributed by atoms with E-state index in [1.165, 1.54) is 5.56 Å². The summed E-state index contributed by atoms with van der Waals surface area (Å²) in [6.07, 6.45) is 0.759. The Morgan fingerprint density at radius 3 is 2.33 bits per heavy atom. The summed E-state index contributed by atoms with van der Waals surface area (Å²) in [5.74, 6) is 1.27. The average molecular weight is 313 g/mol. The zero-order valence-corrected chi connectivity index (χ0v) is 13.8. The molecular formula is C16H25ClN2O2. The highest BCUT2D eigenvalue weighted by molar-refractivity contribution is 6.18. The standard InChI is InChI=1S/C16H25ClN2O2/c1-16(2,3)13-5-7-14(8-6-13)21-12-4-10-18-15(20)19-11-9-17/h5-8H,4,9-12H2,1-3H3,(H2,18,19,20). The summed E-state index contributed by atoms with van der Waals surface area (Å²) < 4.78 is 5.64. The number of rotatable bonds is 7. The normalized spacial score (nSPS) is 11.0. The molecule has 1 rings (SSSR count). The average Bonchev–Trinajstić information content (AvgIpc) is 2.44. The van der Waals surface area contributed by atoms with E-state index in [4.69, 9.17) is 16.3 Å². The molecule has 0 aliphatic carbocycles. The van der Waals surface area contributed by atoms with E-state index in [0.717, 1.165) is 12.2 Å². The Hall–Kier alpha value is -1.42. The molecular weight excluding hydrogens is 288 g/mol. The number of hydrogen-bond donors (Lipinski definition) is 2. The summed E-state index contributed by atoms with van der Waals surface area (Å²) in [5, 5.41) is 5.38. The molecule has 0 aliphatic rings. The van der Waals surface area contributed by atoms with Gasteiger partial charge in [0.1, 0.15) is 5.75 Å². The van der Waals surface area contributed by atoms with Gasteiger partial charge in [-0.3, -0.25) is 0 Å². The summed E-state index contributed by atoms with van der Waals surface area (Å²) in [4.78, 5) is 11.2. The van der Waals surface area contributed by atoms with Crippen molar-refractivity contribution >= 4 is 17.6 Å². The topological polar surface area (TPSA) is 50.4 Å². The molecule has 0 saturated carbocycles. The van der Waals surface area contributed by atoms with E-state index in [0.29, 0.717) is 25.6 Å². The fraction of sp³-hybridized carbons (Fsp3) is 0.562. The molecule has 0 unspecified atom stereocenters. The van der Waals surface area contributed by atoms with Gasteiger partial charge in [-0.05, 0) is 29.5 Å². The largest absolute Gasteiger partial charge is 0.494 e. The van der Waals surface area contributed by atoms with Crippen molar-refractivity contribution in [2.45, 2.75) is 32.6 Å². The van der Waals surface area contributed by atoms with Gasteiger partial charge in [-0.15, -0.1) is 11.6 Å². The number of benzene rings is 1. The lowest BCUT2D eigenvalue weighted by Crippen LogP contribution is -2.37. The second-order valence-corrected chi connectivity index (χ2v) is 6.23. The first-order valence-corrected chi connectivity index (χ1v) is 7.78. The predicted octanol–water partition coefficient (Wildman–Crippen LogP) is 3.29. The van der Waals surface area contributed by atoms with Crippen LogP contribution in [0.1, 0.15) is 32.8 Å². The maximum atomic E-state index is 11.2. The molecule has 0 atom stereocenters. The second kappa shape index (κ2) is 8.78.